The average molecular weight is 236 g/mol. The molecule has 7 heteroatoms. The Labute approximate surface area is 96.6 Å². The number of hydrogen-bond acceptors (Lipinski definition) is 4. The van der Waals surface area contributed by atoms with Crippen LogP contribution in [-0.2, 0) is 9.59 Å². The van der Waals surface area contributed by atoms with Crippen molar-refractivity contribution in [1.29, 1.82) is 0 Å². The first-order valence-corrected chi connectivity index (χ1v) is 5.15. The average Bonchev–Trinajstić information content (AvgIpc) is 2.59. The number of aromatic amines is 1. The van der Waals surface area contributed by atoms with Crippen LogP contribution in [0.2, 0.25) is 0 Å². The molecule has 17 heavy (non-hydrogen) atoms. The fourth-order valence-corrected chi connectivity index (χ4v) is 1.79. The van der Waals surface area contributed by atoms with E-state index in [1.54, 1.807) is 6.92 Å². The molecular weight excluding hydrogens is 224 g/mol. The van der Waals surface area contributed by atoms with Gasteiger partial charge < -0.3 is 5.73 Å². The lowest BCUT2D eigenvalue weighted by Crippen LogP contribution is -2.31. The maximum Gasteiger partial charge on any atom is 0.252 e. The van der Waals surface area contributed by atoms with E-state index in [4.69, 9.17) is 5.73 Å². The summed E-state index contributed by atoms with van der Waals surface area (Å²) in [5.74, 6) is -1.13. The molecule has 1 unspecified atom stereocenters. The number of primary amides is 1. The molecule has 1 aromatic heterocycles. The maximum atomic E-state index is 11.7. The summed E-state index contributed by atoms with van der Waals surface area (Å²) in [6, 6.07) is 1.33. The first kappa shape index (κ1) is 11.3. The Morgan fingerprint density at radius 2 is 2.29 bits per heavy atom. The van der Waals surface area contributed by atoms with E-state index in [1.807, 2.05) is 0 Å². The summed E-state index contributed by atoms with van der Waals surface area (Å²) in [6.45, 7) is 1.82. The Hall–Kier alpha value is -2.18. The minimum atomic E-state index is -0.520. The zero-order valence-electron chi connectivity index (χ0n) is 9.27. The second kappa shape index (κ2) is 4.00. The molecule has 1 aliphatic rings. The molecule has 1 aliphatic heterocycles. The van der Waals surface area contributed by atoms with Crippen LogP contribution in [0.5, 0.6) is 0 Å². The second-order valence-corrected chi connectivity index (χ2v) is 4.02. The highest BCUT2D eigenvalue weighted by atomic mass is 16.2. The van der Waals surface area contributed by atoms with Gasteiger partial charge in [0.1, 0.15) is 0 Å². The van der Waals surface area contributed by atoms with Gasteiger partial charge in [0.15, 0.2) is 0 Å². The third-order valence-corrected chi connectivity index (χ3v) is 2.64. The standard InChI is InChI=1S/C10H12N4O3/c1-5-2-7(15)13-10(12-5)14-4-6(9(11)17)3-8(14)16/h2,6H,3-4H2,1H3,(H2,11,17)(H,12,13,15). The fourth-order valence-electron chi connectivity index (χ4n) is 1.79. The lowest BCUT2D eigenvalue weighted by Gasteiger charge is -2.14. The number of carbonyl (C=O) groups excluding carboxylic acids is 2. The van der Waals surface area contributed by atoms with E-state index in [2.05, 4.69) is 9.97 Å². The topological polar surface area (TPSA) is 109 Å². The summed E-state index contributed by atoms with van der Waals surface area (Å²) in [5.41, 5.74) is 5.33. The van der Waals surface area contributed by atoms with Crippen LogP contribution in [0, 0.1) is 12.8 Å². The largest absolute Gasteiger partial charge is 0.369 e. The summed E-state index contributed by atoms with van der Waals surface area (Å²) >= 11 is 0. The number of nitrogens with one attached hydrogen (secondary N) is 1. The van der Waals surface area contributed by atoms with Gasteiger partial charge in [0, 0.05) is 24.7 Å². The van der Waals surface area contributed by atoms with Crippen LogP contribution < -0.4 is 16.2 Å². The van der Waals surface area contributed by atoms with E-state index < -0.39 is 11.8 Å². The first-order chi connectivity index (χ1) is 7.97. The van der Waals surface area contributed by atoms with Crippen LogP contribution in [0.1, 0.15) is 12.1 Å². The van der Waals surface area contributed by atoms with Crippen LogP contribution in [-0.4, -0.2) is 28.3 Å². The van der Waals surface area contributed by atoms with Crippen molar-refractivity contribution in [2.24, 2.45) is 11.7 Å². The molecule has 2 amide bonds. The number of aromatic nitrogens is 2. The number of aryl methyl sites for hydroxylation is 1. The Balaban J connectivity index is 2.32. The molecule has 7 nitrogen and oxygen atoms in total. The monoisotopic (exact) mass is 236 g/mol. The molecule has 1 atom stereocenters. The van der Waals surface area contributed by atoms with Crippen molar-refractivity contribution < 1.29 is 9.59 Å². The van der Waals surface area contributed by atoms with Crippen LogP contribution in [0.25, 0.3) is 0 Å². The van der Waals surface area contributed by atoms with E-state index in [0.717, 1.165) is 0 Å². The summed E-state index contributed by atoms with van der Waals surface area (Å²) in [7, 11) is 0. The molecular formula is C10H12N4O3. The van der Waals surface area contributed by atoms with Gasteiger partial charge in [-0.05, 0) is 6.92 Å². The molecule has 1 aromatic rings. The predicted octanol–water partition coefficient (Wildman–Crippen LogP) is -1.08. The van der Waals surface area contributed by atoms with Crippen molar-refractivity contribution in [2.75, 3.05) is 11.4 Å². The lowest BCUT2D eigenvalue weighted by atomic mass is 10.1. The second-order valence-electron chi connectivity index (χ2n) is 4.02. The SMILES string of the molecule is Cc1cc(=O)[nH]c(N2CC(C(N)=O)CC2=O)n1. The lowest BCUT2D eigenvalue weighted by molar-refractivity contribution is -0.123. The van der Waals surface area contributed by atoms with Crippen LogP contribution >= 0.6 is 0 Å². The highest BCUT2D eigenvalue weighted by molar-refractivity contribution is 5.98. The molecule has 0 aliphatic carbocycles. The van der Waals surface area contributed by atoms with E-state index in [9.17, 15) is 14.4 Å². The molecule has 90 valence electrons. The number of anilines is 1. The molecule has 0 saturated carbocycles. The quantitative estimate of drug-likeness (QED) is 0.680. The zero-order valence-corrected chi connectivity index (χ0v) is 9.27. The molecule has 1 fully saturated rings. The Bertz CT molecular complexity index is 537. The Kier molecular flexibility index (Phi) is 2.66. The highest BCUT2D eigenvalue weighted by Gasteiger charge is 2.35. The van der Waals surface area contributed by atoms with E-state index in [-0.39, 0.29) is 30.4 Å². The van der Waals surface area contributed by atoms with Crippen LogP contribution in [0.4, 0.5) is 5.95 Å². The van der Waals surface area contributed by atoms with Gasteiger partial charge in [-0.2, -0.15) is 0 Å². The van der Waals surface area contributed by atoms with Gasteiger partial charge in [-0.25, -0.2) is 4.98 Å². The number of hydrogen-bond donors (Lipinski definition) is 2. The molecule has 0 spiro atoms. The number of nitrogens with two attached hydrogens (primary N) is 1. The summed E-state index contributed by atoms with van der Waals surface area (Å²) in [6.07, 6.45) is 0.0625. The molecule has 0 bridgehead atoms. The molecule has 0 radical (unpaired) electrons. The van der Waals surface area contributed by atoms with Crippen molar-refractivity contribution in [3.8, 4) is 0 Å². The van der Waals surface area contributed by atoms with Gasteiger partial charge in [-0.15, -0.1) is 0 Å². The van der Waals surface area contributed by atoms with Gasteiger partial charge in [0.2, 0.25) is 17.8 Å². The number of H-pyrrole nitrogens is 1. The zero-order chi connectivity index (χ0) is 12.6. The van der Waals surface area contributed by atoms with Crippen molar-refractivity contribution in [1.82, 2.24) is 9.97 Å². The predicted molar refractivity (Wildman–Crippen MR) is 59.2 cm³/mol. The maximum absolute atomic E-state index is 11.7. The van der Waals surface area contributed by atoms with Gasteiger partial charge in [0.05, 0.1) is 5.92 Å². The normalized spacial score (nSPS) is 19.7. The van der Waals surface area contributed by atoms with Gasteiger partial charge >= 0.3 is 0 Å². The molecule has 2 rings (SSSR count). The van der Waals surface area contributed by atoms with Crippen LogP contribution in [0.3, 0.4) is 0 Å². The minimum absolute atomic E-state index is 0.0625. The highest BCUT2D eigenvalue weighted by Crippen LogP contribution is 2.21. The van der Waals surface area contributed by atoms with Gasteiger partial charge in [-0.1, -0.05) is 0 Å². The number of amides is 2. The number of rotatable bonds is 2. The summed E-state index contributed by atoms with van der Waals surface area (Å²) < 4.78 is 0. The molecule has 3 N–H and O–H groups in total. The number of nitrogens with zero attached hydrogens (tertiary/aromatic N) is 2. The van der Waals surface area contributed by atoms with E-state index in [1.165, 1.54) is 11.0 Å². The summed E-state index contributed by atoms with van der Waals surface area (Å²) in [4.78, 5) is 41.7. The van der Waals surface area contributed by atoms with E-state index >= 15 is 0 Å². The van der Waals surface area contributed by atoms with Crippen molar-refractivity contribution in [3.05, 3.63) is 22.1 Å². The Morgan fingerprint density at radius 1 is 1.59 bits per heavy atom. The van der Waals surface area contributed by atoms with Gasteiger partial charge in [-0.3, -0.25) is 24.3 Å². The molecule has 2 heterocycles. The smallest absolute Gasteiger partial charge is 0.252 e. The third kappa shape index (κ3) is 2.17. The molecule has 1 saturated heterocycles. The molecule has 0 aromatic carbocycles. The van der Waals surface area contributed by atoms with Crippen molar-refractivity contribution >= 4 is 17.8 Å². The first-order valence-electron chi connectivity index (χ1n) is 5.15. The Morgan fingerprint density at radius 3 is 2.82 bits per heavy atom. The van der Waals surface area contributed by atoms with E-state index in [0.29, 0.717) is 5.69 Å². The van der Waals surface area contributed by atoms with Gasteiger partial charge in [0.25, 0.3) is 5.56 Å². The van der Waals surface area contributed by atoms with Crippen molar-refractivity contribution in [2.45, 2.75) is 13.3 Å². The fraction of sp³-hybridized carbons (Fsp3) is 0.400. The third-order valence-electron chi connectivity index (χ3n) is 2.64. The minimum Gasteiger partial charge on any atom is -0.369 e. The summed E-state index contributed by atoms with van der Waals surface area (Å²) in [5, 5.41) is 0. The van der Waals surface area contributed by atoms with Crippen molar-refractivity contribution in [3.63, 3.8) is 0 Å². The van der Waals surface area contributed by atoms with Crippen LogP contribution in [0.15, 0.2) is 10.9 Å². The number of carbonyl (C=O) groups is 2.